The third kappa shape index (κ3) is 4.48. The van der Waals surface area contributed by atoms with Gasteiger partial charge in [0.2, 0.25) is 17.6 Å². The summed E-state index contributed by atoms with van der Waals surface area (Å²) in [5, 5.41) is 2.33. The molecule has 1 aromatic heterocycles. The summed E-state index contributed by atoms with van der Waals surface area (Å²) in [4.78, 5) is 40.6. The first-order chi connectivity index (χ1) is 12.4. The molecule has 1 aliphatic rings. The molecule has 2 rings (SSSR count). The Balaban J connectivity index is 2.51. The summed E-state index contributed by atoms with van der Waals surface area (Å²) in [7, 11) is 0. The number of hydrogen-bond acceptors (Lipinski definition) is 4. The fourth-order valence-electron chi connectivity index (χ4n) is 3.24. The Morgan fingerprint density at radius 3 is 2.37 bits per heavy atom. The minimum atomic E-state index is -1.38. The molecule has 8 heteroatoms. The third-order valence-electron chi connectivity index (χ3n) is 4.72. The standard InChI is InChI=1S/C19H25F2N3O3/c1-10(25)22-16-14-12(6-7-13(27)19(3,4)5)8-9-24(11(2)26)18(14)23-17(21)15(16)20/h12H,6-9H2,1-5H3,(H,22,23,25). The fraction of sp³-hybridized carbons (Fsp3) is 0.579. The molecule has 6 nitrogen and oxygen atoms in total. The lowest BCUT2D eigenvalue weighted by Crippen LogP contribution is -2.37. The highest BCUT2D eigenvalue weighted by Gasteiger charge is 2.35. The van der Waals surface area contributed by atoms with Crippen LogP contribution in [0.1, 0.15) is 65.4 Å². The van der Waals surface area contributed by atoms with Gasteiger partial charge in [0.15, 0.2) is 0 Å². The van der Waals surface area contributed by atoms with Crippen molar-refractivity contribution in [1.82, 2.24) is 4.98 Å². The number of carbonyl (C=O) groups is 3. The lowest BCUT2D eigenvalue weighted by Gasteiger charge is -2.34. The Kier molecular flexibility index (Phi) is 5.97. The minimum absolute atomic E-state index is 0.00427. The van der Waals surface area contributed by atoms with Crippen molar-refractivity contribution >= 4 is 29.1 Å². The number of hydrogen-bond donors (Lipinski definition) is 1. The van der Waals surface area contributed by atoms with E-state index in [2.05, 4.69) is 10.3 Å². The van der Waals surface area contributed by atoms with E-state index in [1.165, 1.54) is 18.7 Å². The SMILES string of the molecule is CC(=O)Nc1c(F)c(F)nc2c1C(CCC(=O)C(C)(C)C)CCN2C(C)=O. The van der Waals surface area contributed by atoms with Gasteiger partial charge in [-0.25, -0.2) is 0 Å². The van der Waals surface area contributed by atoms with Gasteiger partial charge in [-0.1, -0.05) is 20.8 Å². The van der Waals surface area contributed by atoms with Gasteiger partial charge in [0.25, 0.3) is 5.95 Å². The van der Waals surface area contributed by atoms with Gasteiger partial charge in [-0.05, 0) is 18.8 Å². The third-order valence-corrected chi connectivity index (χ3v) is 4.72. The smallest absolute Gasteiger partial charge is 0.253 e. The Bertz CT molecular complexity index is 787. The van der Waals surface area contributed by atoms with E-state index in [9.17, 15) is 23.2 Å². The van der Waals surface area contributed by atoms with Gasteiger partial charge in [0, 0.05) is 37.8 Å². The van der Waals surface area contributed by atoms with Crippen molar-refractivity contribution in [3.05, 3.63) is 17.3 Å². The predicted molar refractivity (Wildman–Crippen MR) is 97.5 cm³/mol. The van der Waals surface area contributed by atoms with Crippen molar-refractivity contribution < 1.29 is 23.2 Å². The van der Waals surface area contributed by atoms with Crippen molar-refractivity contribution in [2.75, 3.05) is 16.8 Å². The van der Waals surface area contributed by atoms with Crippen LogP contribution in [0.25, 0.3) is 0 Å². The van der Waals surface area contributed by atoms with Crippen molar-refractivity contribution in [3.63, 3.8) is 0 Å². The van der Waals surface area contributed by atoms with E-state index in [0.29, 0.717) is 12.8 Å². The Morgan fingerprint density at radius 2 is 1.85 bits per heavy atom. The second kappa shape index (κ2) is 7.70. The fourth-order valence-corrected chi connectivity index (χ4v) is 3.24. The highest BCUT2D eigenvalue weighted by molar-refractivity contribution is 5.95. The van der Waals surface area contributed by atoms with Crippen LogP contribution in [0.5, 0.6) is 0 Å². The van der Waals surface area contributed by atoms with Gasteiger partial charge >= 0.3 is 0 Å². The van der Waals surface area contributed by atoms with E-state index >= 15 is 0 Å². The number of nitrogens with zero attached hydrogens (tertiary/aromatic N) is 2. The van der Waals surface area contributed by atoms with Crippen LogP contribution in [0.4, 0.5) is 20.3 Å². The molecular formula is C19H25F2N3O3. The number of Topliss-reactive ketones (excluding diaryl/α,β-unsaturated/α-hetero) is 1. The molecule has 0 aliphatic carbocycles. The molecule has 1 aliphatic heterocycles. The average Bonchev–Trinajstić information content (AvgIpc) is 2.54. The zero-order valence-electron chi connectivity index (χ0n) is 16.3. The second-order valence-corrected chi connectivity index (χ2v) is 7.88. The Morgan fingerprint density at radius 1 is 1.22 bits per heavy atom. The second-order valence-electron chi connectivity index (χ2n) is 7.88. The molecule has 0 fully saturated rings. The van der Waals surface area contributed by atoms with Crippen LogP contribution in [0, 0.1) is 17.2 Å². The van der Waals surface area contributed by atoms with Crippen LogP contribution in [0.3, 0.4) is 0 Å². The number of aromatic nitrogens is 1. The van der Waals surface area contributed by atoms with Crippen LogP contribution in [-0.4, -0.2) is 29.1 Å². The first-order valence-corrected chi connectivity index (χ1v) is 8.91. The summed E-state index contributed by atoms with van der Waals surface area (Å²) in [5.41, 5.74) is -0.535. The lowest BCUT2D eigenvalue weighted by molar-refractivity contribution is -0.126. The topological polar surface area (TPSA) is 79.4 Å². The van der Waals surface area contributed by atoms with Gasteiger partial charge in [0.05, 0.1) is 5.69 Å². The lowest BCUT2D eigenvalue weighted by atomic mass is 9.82. The van der Waals surface area contributed by atoms with E-state index in [4.69, 9.17) is 0 Å². The summed E-state index contributed by atoms with van der Waals surface area (Å²) in [5.74, 6) is -3.83. The van der Waals surface area contributed by atoms with E-state index < -0.39 is 23.1 Å². The first-order valence-electron chi connectivity index (χ1n) is 8.91. The molecule has 2 heterocycles. The highest BCUT2D eigenvalue weighted by atomic mass is 19.2. The largest absolute Gasteiger partial charge is 0.323 e. The highest BCUT2D eigenvalue weighted by Crippen LogP contribution is 2.43. The molecule has 148 valence electrons. The maximum atomic E-state index is 14.4. The van der Waals surface area contributed by atoms with E-state index in [1.54, 1.807) is 0 Å². The summed E-state index contributed by atoms with van der Waals surface area (Å²) < 4.78 is 28.4. The molecule has 1 unspecified atom stereocenters. The number of nitrogens with one attached hydrogen (secondary N) is 1. The van der Waals surface area contributed by atoms with E-state index in [1.807, 2.05) is 20.8 Å². The van der Waals surface area contributed by atoms with Crippen LogP contribution in [0.2, 0.25) is 0 Å². The van der Waals surface area contributed by atoms with Gasteiger partial charge in [-0.15, -0.1) is 0 Å². The molecule has 0 saturated carbocycles. The average molecular weight is 381 g/mol. The van der Waals surface area contributed by atoms with Gasteiger partial charge in [0.1, 0.15) is 11.6 Å². The van der Waals surface area contributed by atoms with E-state index in [-0.39, 0.29) is 47.6 Å². The molecule has 0 radical (unpaired) electrons. The molecule has 2 amide bonds. The van der Waals surface area contributed by atoms with Gasteiger partial charge in [-0.2, -0.15) is 13.8 Å². The summed E-state index contributed by atoms with van der Waals surface area (Å²) in [6, 6.07) is 0. The molecule has 0 saturated heterocycles. The number of anilines is 2. The molecular weight excluding hydrogens is 356 g/mol. The molecule has 0 bridgehead atoms. The quantitative estimate of drug-likeness (QED) is 0.809. The summed E-state index contributed by atoms with van der Waals surface area (Å²) in [6.45, 7) is 8.25. The number of ketones is 1. The Labute approximate surface area is 157 Å². The Hall–Kier alpha value is -2.38. The molecule has 0 aromatic carbocycles. The van der Waals surface area contributed by atoms with Gasteiger partial charge < -0.3 is 5.32 Å². The molecule has 1 aromatic rings. The number of carbonyl (C=O) groups excluding carboxylic acids is 3. The first kappa shape index (κ1) is 20.9. The number of fused-ring (bicyclic) bond motifs is 1. The van der Waals surface area contributed by atoms with Crippen LogP contribution < -0.4 is 10.2 Å². The zero-order valence-corrected chi connectivity index (χ0v) is 16.3. The maximum absolute atomic E-state index is 14.4. The molecule has 27 heavy (non-hydrogen) atoms. The molecule has 1 N–H and O–H groups in total. The van der Waals surface area contributed by atoms with Crippen LogP contribution in [0.15, 0.2) is 0 Å². The summed E-state index contributed by atoms with van der Waals surface area (Å²) in [6.07, 6.45) is 1.11. The molecule has 1 atom stereocenters. The maximum Gasteiger partial charge on any atom is 0.253 e. The predicted octanol–water partition coefficient (Wildman–Crippen LogP) is 3.55. The minimum Gasteiger partial charge on any atom is -0.323 e. The number of pyridine rings is 1. The van der Waals surface area contributed by atoms with E-state index in [0.717, 1.165) is 0 Å². The summed E-state index contributed by atoms with van der Waals surface area (Å²) >= 11 is 0. The van der Waals surface area contributed by atoms with Gasteiger partial charge in [-0.3, -0.25) is 19.3 Å². The number of halogens is 2. The number of rotatable bonds is 4. The zero-order chi connectivity index (χ0) is 20.5. The number of amides is 2. The van der Waals surface area contributed by atoms with Crippen molar-refractivity contribution in [2.45, 2.75) is 59.8 Å². The van der Waals surface area contributed by atoms with Crippen molar-refractivity contribution in [1.29, 1.82) is 0 Å². The van der Waals surface area contributed by atoms with Crippen LogP contribution >= 0.6 is 0 Å². The molecule has 0 spiro atoms. The van der Waals surface area contributed by atoms with Crippen molar-refractivity contribution in [2.24, 2.45) is 5.41 Å². The normalized spacial score (nSPS) is 16.7. The van der Waals surface area contributed by atoms with Crippen molar-refractivity contribution in [3.8, 4) is 0 Å². The van der Waals surface area contributed by atoms with Crippen LogP contribution in [-0.2, 0) is 14.4 Å². The monoisotopic (exact) mass is 381 g/mol.